The van der Waals surface area contributed by atoms with E-state index in [0.29, 0.717) is 0 Å². The Labute approximate surface area is 107 Å². The third-order valence-corrected chi connectivity index (χ3v) is 3.96. The van der Waals surface area contributed by atoms with Crippen LogP contribution in [0.5, 0.6) is 0 Å². The van der Waals surface area contributed by atoms with Gasteiger partial charge in [0.25, 0.3) is 0 Å². The first kappa shape index (κ1) is 13.3. The van der Waals surface area contributed by atoms with Gasteiger partial charge in [0, 0.05) is 38.8 Å². The van der Waals surface area contributed by atoms with Crippen LogP contribution in [0.25, 0.3) is 0 Å². The zero-order chi connectivity index (χ0) is 12.1. The first-order chi connectivity index (χ1) is 8.29. The van der Waals surface area contributed by atoms with Gasteiger partial charge in [-0.3, -0.25) is 4.90 Å². The van der Waals surface area contributed by atoms with E-state index in [-0.39, 0.29) is 0 Å². The first-order valence-electron chi connectivity index (χ1n) is 7.46. The highest BCUT2D eigenvalue weighted by Gasteiger charge is 2.31. The van der Waals surface area contributed by atoms with Crippen LogP contribution in [0, 0.1) is 5.92 Å². The second-order valence-electron chi connectivity index (χ2n) is 5.88. The van der Waals surface area contributed by atoms with Gasteiger partial charge in [0.15, 0.2) is 0 Å². The molecule has 0 spiro atoms. The van der Waals surface area contributed by atoms with Crippen LogP contribution in [-0.4, -0.2) is 61.7 Å². The fourth-order valence-corrected chi connectivity index (χ4v) is 2.78. The van der Waals surface area contributed by atoms with Crippen molar-refractivity contribution in [3.05, 3.63) is 0 Å². The highest BCUT2D eigenvalue weighted by Crippen LogP contribution is 2.27. The Kier molecular flexibility index (Phi) is 5.26. The summed E-state index contributed by atoms with van der Waals surface area (Å²) in [7, 11) is 0. The van der Waals surface area contributed by atoms with E-state index in [1.807, 2.05) is 0 Å². The lowest BCUT2D eigenvalue weighted by molar-refractivity contribution is 0.114. The smallest absolute Gasteiger partial charge is 0.0113 e. The van der Waals surface area contributed by atoms with Crippen molar-refractivity contribution in [2.45, 2.75) is 39.2 Å². The normalized spacial score (nSPS) is 25.1. The van der Waals surface area contributed by atoms with Crippen molar-refractivity contribution in [1.82, 2.24) is 15.1 Å². The molecule has 2 fully saturated rings. The Morgan fingerprint density at radius 1 is 1.18 bits per heavy atom. The Hall–Kier alpha value is -0.120. The molecule has 0 aromatic heterocycles. The molecular formula is C14H29N3. The van der Waals surface area contributed by atoms with E-state index in [4.69, 9.17) is 0 Å². The van der Waals surface area contributed by atoms with Crippen molar-refractivity contribution in [2.24, 2.45) is 5.92 Å². The molecule has 1 N–H and O–H groups in total. The van der Waals surface area contributed by atoms with Crippen LogP contribution >= 0.6 is 0 Å². The van der Waals surface area contributed by atoms with Crippen LogP contribution in [0.4, 0.5) is 0 Å². The largest absolute Gasteiger partial charge is 0.316 e. The van der Waals surface area contributed by atoms with Crippen LogP contribution in [0.1, 0.15) is 33.1 Å². The predicted molar refractivity (Wildman–Crippen MR) is 73.4 cm³/mol. The Morgan fingerprint density at radius 2 is 1.88 bits per heavy atom. The maximum Gasteiger partial charge on any atom is 0.0113 e. The monoisotopic (exact) mass is 239 g/mol. The number of rotatable bonds is 7. The minimum atomic E-state index is 0.786. The van der Waals surface area contributed by atoms with Crippen LogP contribution in [-0.2, 0) is 0 Å². The molecule has 2 rings (SSSR count). The van der Waals surface area contributed by atoms with Gasteiger partial charge >= 0.3 is 0 Å². The molecule has 0 aromatic rings. The molecule has 100 valence electrons. The fourth-order valence-electron chi connectivity index (χ4n) is 2.78. The molecular weight excluding hydrogens is 210 g/mol. The molecule has 1 aliphatic heterocycles. The molecule has 0 amide bonds. The summed E-state index contributed by atoms with van der Waals surface area (Å²) in [5, 5.41) is 3.52. The Bertz CT molecular complexity index is 208. The summed E-state index contributed by atoms with van der Waals surface area (Å²) in [4.78, 5) is 5.34. The minimum Gasteiger partial charge on any atom is -0.316 e. The summed E-state index contributed by atoms with van der Waals surface area (Å²) in [6, 6.07) is 0.959. The van der Waals surface area contributed by atoms with Crippen molar-refractivity contribution < 1.29 is 0 Å². The van der Waals surface area contributed by atoms with E-state index >= 15 is 0 Å². The fraction of sp³-hybridized carbons (Fsp3) is 1.00. The van der Waals surface area contributed by atoms with Gasteiger partial charge in [-0.15, -0.1) is 0 Å². The summed E-state index contributed by atoms with van der Waals surface area (Å²) in [5.74, 6) is 0.786. The highest BCUT2D eigenvalue weighted by atomic mass is 15.3. The van der Waals surface area contributed by atoms with Gasteiger partial charge in [0.05, 0.1) is 0 Å². The summed E-state index contributed by atoms with van der Waals surface area (Å²) in [6.45, 7) is 13.4. The van der Waals surface area contributed by atoms with Crippen molar-refractivity contribution in [3.63, 3.8) is 0 Å². The predicted octanol–water partition coefficient (Wildman–Crippen LogP) is 1.40. The van der Waals surface area contributed by atoms with E-state index in [0.717, 1.165) is 12.0 Å². The first-order valence-corrected chi connectivity index (χ1v) is 7.46. The van der Waals surface area contributed by atoms with E-state index in [9.17, 15) is 0 Å². The van der Waals surface area contributed by atoms with Crippen LogP contribution < -0.4 is 5.32 Å². The van der Waals surface area contributed by atoms with Crippen molar-refractivity contribution in [1.29, 1.82) is 0 Å². The van der Waals surface area contributed by atoms with Gasteiger partial charge in [0.1, 0.15) is 0 Å². The summed E-state index contributed by atoms with van der Waals surface area (Å²) in [5.41, 5.74) is 0. The topological polar surface area (TPSA) is 18.5 Å². The summed E-state index contributed by atoms with van der Waals surface area (Å²) >= 11 is 0. The second kappa shape index (κ2) is 6.72. The molecule has 1 aliphatic carbocycles. The average molecular weight is 239 g/mol. The van der Waals surface area contributed by atoms with Gasteiger partial charge in [-0.1, -0.05) is 13.8 Å². The Balaban J connectivity index is 1.56. The molecule has 1 unspecified atom stereocenters. The third-order valence-electron chi connectivity index (χ3n) is 3.96. The van der Waals surface area contributed by atoms with Crippen LogP contribution in [0.3, 0.4) is 0 Å². The molecule has 0 radical (unpaired) electrons. The van der Waals surface area contributed by atoms with Gasteiger partial charge in [-0.05, 0) is 38.3 Å². The molecule has 2 aliphatic rings. The number of hydrogen-bond acceptors (Lipinski definition) is 3. The standard InChI is InChI=1S/C14H29N3/c1-3-6-15-11-13(2)12-16-7-9-17(10-8-16)14-4-5-14/h13-15H,3-12H2,1-2H3. The number of piperazine rings is 1. The maximum atomic E-state index is 3.52. The highest BCUT2D eigenvalue weighted by molar-refractivity contribution is 4.87. The van der Waals surface area contributed by atoms with Gasteiger partial charge in [-0.2, -0.15) is 0 Å². The quantitative estimate of drug-likeness (QED) is 0.678. The van der Waals surface area contributed by atoms with Gasteiger partial charge < -0.3 is 10.2 Å². The number of nitrogens with zero attached hydrogens (tertiary/aromatic N) is 2. The Morgan fingerprint density at radius 3 is 2.47 bits per heavy atom. The number of nitrogens with one attached hydrogen (secondary N) is 1. The van der Waals surface area contributed by atoms with E-state index in [2.05, 4.69) is 29.0 Å². The van der Waals surface area contributed by atoms with Crippen molar-refractivity contribution in [3.8, 4) is 0 Å². The van der Waals surface area contributed by atoms with E-state index in [1.165, 1.54) is 65.1 Å². The van der Waals surface area contributed by atoms with Crippen molar-refractivity contribution in [2.75, 3.05) is 45.8 Å². The maximum absolute atomic E-state index is 3.52. The molecule has 1 saturated carbocycles. The van der Waals surface area contributed by atoms with E-state index in [1.54, 1.807) is 0 Å². The second-order valence-corrected chi connectivity index (χ2v) is 5.88. The molecule has 0 aromatic carbocycles. The summed E-state index contributed by atoms with van der Waals surface area (Å²) < 4.78 is 0. The van der Waals surface area contributed by atoms with Gasteiger partial charge in [0.2, 0.25) is 0 Å². The average Bonchev–Trinajstić information content (AvgIpc) is 3.14. The van der Waals surface area contributed by atoms with Crippen LogP contribution in [0.15, 0.2) is 0 Å². The molecule has 1 saturated heterocycles. The molecule has 3 nitrogen and oxygen atoms in total. The molecule has 1 heterocycles. The lowest BCUT2D eigenvalue weighted by Gasteiger charge is -2.36. The SMILES string of the molecule is CCCNCC(C)CN1CCN(C2CC2)CC1. The molecule has 3 heteroatoms. The molecule has 1 atom stereocenters. The van der Waals surface area contributed by atoms with E-state index < -0.39 is 0 Å². The lowest BCUT2D eigenvalue weighted by atomic mass is 10.1. The van der Waals surface area contributed by atoms with Crippen molar-refractivity contribution >= 4 is 0 Å². The van der Waals surface area contributed by atoms with Gasteiger partial charge in [-0.25, -0.2) is 0 Å². The molecule has 17 heavy (non-hydrogen) atoms. The zero-order valence-corrected chi connectivity index (χ0v) is 11.6. The molecule has 0 bridgehead atoms. The third kappa shape index (κ3) is 4.57. The number of hydrogen-bond donors (Lipinski definition) is 1. The lowest BCUT2D eigenvalue weighted by Crippen LogP contribution is -2.48. The summed E-state index contributed by atoms with van der Waals surface area (Å²) in [6.07, 6.45) is 4.15. The zero-order valence-electron chi connectivity index (χ0n) is 11.6. The minimum absolute atomic E-state index is 0.786. The van der Waals surface area contributed by atoms with Crippen LogP contribution in [0.2, 0.25) is 0 Å².